The highest BCUT2D eigenvalue weighted by Gasteiger charge is 2.22. The van der Waals surface area contributed by atoms with E-state index in [1.165, 1.54) is 0 Å². The van der Waals surface area contributed by atoms with E-state index in [0.29, 0.717) is 25.3 Å². The number of amides is 1. The minimum absolute atomic E-state index is 0.0608. The van der Waals surface area contributed by atoms with Gasteiger partial charge in [-0.3, -0.25) is 4.79 Å². The Kier molecular flexibility index (Phi) is 5.62. The maximum Gasteiger partial charge on any atom is 0.253 e. The van der Waals surface area contributed by atoms with Crippen molar-refractivity contribution in [2.24, 2.45) is 0 Å². The Morgan fingerprint density at radius 3 is 2.45 bits per heavy atom. The fourth-order valence-electron chi connectivity index (χ4n) is 3.72. The summed E-state index contributed by atoms with van der Waals surface area (Å²) in [6, 6.07) is 15.6. The first-order valence-corrected chi connectivity index (χ1v) is 9.75. The van der Waals surface area contributed by atoms with Gasteiger partial charge in [-0.2, -0.15) is 0 Å². The summed E-state index contributed by atoms with van der Waals surface area (Å²) in [5.41, 5.74) is 3.93. The molecule has 150 valence electrons. The number of benzene rings is 2. The number of rotatable bonds is 5. The summed E-state index contributed by atoms with van der Waals surface area (Å²) in [4.78, 5) is 19.5. The average Bonchev–Trinajstić information content (AvgIpc) is 3.05. The van der Waals surface area contributed by atoms with E-state index in [2.05, 4.69) is 9.55 Å². The van der Waals surface area contributed by atoms with Gasteiger partial charge in [-0.25, -0.2) is 4.98 Å². The number of methoxy groups -OCH3 is 2. The third-order valence-electron chi connectivity index (χ3n) is 5.32. The van der Waals surface area contributed by atoms with Crippen LogP contribution >= 0.6 is 0 Å². The number of hydrogen-bond donors (Lipinski definition) is 0. The van der Waals surface area contributed by atoms with Crippen LogP contribution in [-0.2, 0) is 24.3 Å². The maximum atomic E-state index is 13.0. The van der Waals surface area contributed by atoms with Crippen molar-refractivity contribution in [1.29, 1.82) is 0 Å². The quantitative estimate of drug-likeness (QED) is 0.669. The largest absolute Gasteiger partial charge is 0.497 e. The van der Waals surface area contributed by atoms with E-state index >= 15 is 0 Å². The lowest BCUT2D eigenvalue weighted by Gasteiger charge is -2.20. The first-order valence-electron chi connectivity index (χ1n) is 9.75. The van der Waals surface area contributed by atoms with Crippen molar-refractivity contribution in [3.8, 4) is 17.0 Å². The van der Waals surface area contributed by atoms with Crippen LogP contribution in [0.1, 0.15) is 21.7 Å². The fourth-order valence-corrected chi connectivity index (χ4v) is 3.72. The first-order chi connectivity index (χ1) is 14.2. The van der Waals surface area contributed by atoms with Crippen molar-refractivity contribution in [1.82, 2.24) is 14.5 Å². The highest BCUT2D eigenvalue weighted by molar-refractivity contribution is 5.94. The van der Waals surface area contributed by atoms with E-state index in [4.69, 9.17) is 9.47 Å². The second kappa shape index (κ2) is 8.49. The van der Waals surface area contributed by atoms with Crippen LogP contribution in [0.25, 0.3) is 11.3 Å². The van der Waals surface area contributed by atoms with Gasteiger partial charge in [0.05, 0.1) is 25.6 Å². The molecule has 29 heavy (non-hydrogen) atoms. The van der Waals surface area contributed by atoms with E-state index in [9.17, 15) is 4.79 Å². The molecule has 0 saturated carbocycles. The van der Waals surface area contributed by atoms with Crippen molar-refractivity contribution in [2.75, 3.05) is 27.3 Å². The number of nitrogens with zero attached hydrogens (tertiary/aromatic N) is 3. The summed E-state index contributed by atoms with van der Waals surface area (Å²) >= 11 is 0. The lowest BCUT2D eigenvalue weighted by atomic mass is 10.1. The molecule has 4 rings (SSSR count). The normalized spacial score (nSPS) is 13.7. The van der Waals surface area contributed by atoms with Gasteiger partial charge in [0.25, 0.3) is 5.91 Å². The second-order valence-corrected chi connectivity index (χ2v) is 7.11. The predicted octanol–water partition coefficient (Wildman–Crippen LogP) is 3.40. The molecule has 0 radical (unpaired) electrons. The van der Waals surface area contributed by atoms with Crippen LogP contribution in [0.4, 0.5) is 0 Å². The lowest BCUT2D eigenvalue weighted by Crippen LogP contribution is -2.33. The van der Waals surface area contributed by atoms with E-state index < -0.39 is 0 Å². The number of aromatic nitrogens is 2. The summed E-state index contributed by atoms with van der Waals surface area (Å²) in [6.07, 6.45) is 2.66. The van der Waals surface area contributed by atoms with Crippen LogP contribution in [0.2, 0.25) is 0 Å². The van der Waals surface area contributed by atoms with Gasteiger partial charge in [0.15, 0.2) is 0 Å². The number of imidazole rings is 1. The first kappa shape index (κ1) is 19.2. The molecule has 2 heterocycles. The monoisotopic (exact) mass is 391 g/mol. The van der Waals surface area contributed by atoms with Crippen molar-refractivity contribution < 1.29 is 14.3 Å². The van der Waals surface area contributed by atoms with Gasteiger partial charge in [-0.1, -0.05) is 12.1 Å². The molecule has 0 fully saturated rings. The van der Waals surface area contributed by atoms with Crippen LogP contribution < -0.4 is 4.74 Å². The van der Waals surface area contributed by atoms with Crippen molar-refractivity contribution in [3.63, 3.8) is 0 Å². The van der Waals surface area contributed by atoms with Crippen molar-refractivity contribution in [3.05, 3.63) is 71.7 Å². The van der Waals surface area contributed by atoms with Crippen LogP contribution in [-0.4, -0.2) is 47.7 Å². The lowest BCUT2D eigenvalue weighted by molar-refractivity contribution is 0.0759. The topological polar surface area (TPSA) is 56.6 Å². The van der Waals surface area contributed by atoms with Crippen LogP contribution in [0.5, 0.6) is 5.75 Å². The van der Waals surface area contributed by atoms with Gasteiger partial charge < -0.3 is 18.9 Å². The predicted molar refractivity (Wildman–Crippen MR) is 111 cm³/mol. The van der Waals surface area contributed by atoms with Gasteiger partial charge in [0.2, 0.25) is 0 Å². The summed E-state index contributed by atoms with van der Waals surface area (Å²) in [7, 11) is 3.33. The van der Waals surface area contributed by atoms with Crippen molar-refractivity contribution in [2.45, 2.75) is 19.6 Å². The average molecular weight is 391 g/mol. The number of hydrogen-bond acceptors (Lipinski definition) is 4. The zero-order valence-corrected chi connectivity index (χ0v) is 16.8. The molecule has 6 heteroatoms. The van der Waals surface area contributed by atoms with E-state index in [1.807, 2.05) is 59.6 Å². The number of carbonyl (C=O) groups is 1. The van der Waals surface area contributed by atoms with Gasteiger partial charge in [-0.05, 0) is 42.0 Å². The molecule has 0 saturated heterocycles. The standard InChI is InChI=1S/C23H25N3O3/c1-28-16-17-3-5-19(6-4-17)23(27)25-12-11-22-24-15-21(26(22)14-13-25)18-7-9-20(29-2)10-8-18/h3-10,15H,11-14,16H2,1-2H3. The van der Waals surface area contributed by atoms with Crippen LogP contribution in [0.3, 0.4) is 0 Å². The molecular weight excluding hydrogens is 366 g/mol. The smallest absolute Gasteiger partial charge is 0.253 e. The molecule has 1 aliphatic heterocycles. The Balaban J connectivity index is 1.49. The molecule has 0 aliphatic carbocycles. The summed E-state index contributed by atoms with van der Waals surface area (Å²) in [5.74, 6) is 1.91. The van der Waals surface area contributed by atoms with E-state index in [1.54, 1.807) is 14.2 Å². The molecule has 1 amide bonds. The molecule has 1 aromatic heterocycles. The Morgan fingerprint density at radius 2 is 1.76 bits per heavy atom. The Morgan fingerprint density at radius 1 is 1.00 bits per heavy atom. The number of fused-ring (bicyclic) bond motifs is 1. The van der Waals surface area contributed by atoms with Crippen molar-refractivity contribution >= 4 is 5.91 Å². The Bertz CT molecular complexity index is 978. The summed E-state index contributed by atoms with van der Waals surface area (Å²) in [5, 5.41) is 0. The molecule has 0 spiro atoms. The molecule has 0 unspecified atom stereocenters. The fraction of sp³-hybridized carbons (Fsp3) is 0.304. The highest BCUT2D eigenvalue weighted by atomic mass is 16.5. The Labute approximate surface area is 170 Å². The molecule has 6 nitrogen and oxygen atoms in total. The van der Waals surface area contributed by atoms with Crippen LogP contribution in [0, 0.1) is 0 Å². The second-order valence-electron chi connectivity index (χ2n) is 7.11. The van der Waals surface area contributed by atoms with Gasteiger partial charge in [0, 0.05) is 44.3 Å². The zero-order chi connectivity index (χ0) is 20.2. The molecule has 2 aromatic carbocycles. The molecule has 3 aromatic rings. The minimum atomic E-state index is 0.0608. The molecule has 0 bridgehead atoms. The van der Waals surface area contributed by atoms with E-state index in [0.717, 1.165) is 41.4 Å². The number of carbonyl (C=O) groups excluding carboxylic acids is 1. The molecule has 0 N–H and O–H groups in total. The van der Waals surface area contributed by atoms with Gasteiger partial charge in [-0.15, -0.1) is 0 Å². The summed E-state index contributed by atoms with van der Waals surface area (Å²) < 4.78 is 12.6. The van der Waals surface area contributed by atoms with E-state index in [-0.39, 0.29) is 5.91 Å². The summed E-state index contributed by atoms with van der Waals surface area (Å²) in [6.45, 7) is 2.60. The van der Waals surface area contributed by atoms with Gasteiger partial charge >= 0.3 is 0 Å². The van der Waals surface area contributed by atoms with Crippen LogP contribution in [0.15, 0.2) is 54.7 Å². The highest BCUT2D eigenvalue weighted by Crippen LogP contribution is 2.25. The SMILES string of the molecule is COCc1ccc(C(=O)N2CCc3ncc(-c4ccc(OC)cc4)n3CC2)cc1. The third kappa shape index (κ3) is 4.03. The van der Waals surface area contributed by atoms with Gasteiger partial charge in [0.1, 0.15) is 11.6 Å². The minimum Gasteiger partial charge on any atom is -0.497 e. The molecule has 1 aliphatic rings. The molecule has 0 atom stereocenters. The number of ether oxygens (including phenoxy) is 2. The molecular formula is C23H25N3O3. The third-order valence-corrected chi connectivity index (χ3v) is 5.32. The zero-order valence-electron chi connectivity index (χ0n) is 16.8. The maximum absolute atomic E-state index is 13.0. The Hall–Kier alpha value is -3.12.